The van der Waals surface area contributed by atoms with E-state index in [2.05, 4.69) is 10.3 Å². The second-order valence-electron chi connectivity index (χ2n) is 5.57. The molecule has 0 unspecified atom stereocenters. The average molecular weight is 403 g/mol. The van der Waals surface area contributed by atoms with Crippen molar-refractivity contribution in [2.45, 2.75) is 6.61 Å². The summed E-state index contributed by atoms with van der Waals surface area (Å²) < 4.78 is 11.2. The van der Waals surface area contributed by atoms with Crippen LogP contribution >= 0.6 is 23.2 Å². The molecule has 5 nitrogen and oxygen atoms in total. The summed E-state index contributed by atoms with van der Waals surface area (Å²) in [7, 11) is 0. The highest BCUT2D eigenvalue weighted by atomic mass is 35.5. The maximum Gasteiger partial charge on any atom is 0.250 e. The van der Waals surface area contributed by atoms with Gasteiger partial charge in [-0.2, -0.15) is 0 Å². The summed E-state index contributed by atoms with van der Waals surface area (Å²) >= 11 is 11.9. The van der Waals surface area contributed by atoms with Gasteiger partial charge in [0.2, 0.25) is 11.8 Å². The third-order valence-corrected chi connectivity index (χ3v) is 3.96. The molecule has 0 saturated carbocycles. The first kappa shape index (κ1) is 19.2. The molecule has 1 amide bonds. The van der Waals surface area contributed by atoms with Gasteiger partial charge in [0.15, 0.2) is 5.75 Å². The van der Waals surface area contributed by atoms with E-state index in [0.717, 1.165) is 5.56 Å². The molecule has 0 saturated heterocycles. The van der Waals surface area contributed by atoms with Crippen LogP contribution in [0.3, 0.4) is 0 Å². The van der Waals surface area contributed by atoms with E-state index in [9.17, 15) is 4.79 Å². The molecule has 1 aromatic heterocycles. The van der Waals surface area contributed by atoms with Gasteiger partial charge in [-0.3, -0.25) is 4.79 Å². The SMILES string of the molecule is O=C(COCc1ccccc1)Nc1ccccc1Oc1ncc(Cl)cc1Cl. The van der Waals surface area contributed by atoms with Gasteiger partial charge < -0.3 is 14.8 Å². The molecule has 0 spiro atoms. The number of rotatable bonds is 7. The molecule has 7 heteroatoms. The molecule has 0 aliphatic carbocycles. The van der Waals surface area contributed by atoms with E-state index in [0.29, 0.717) is 23.1 Å². The smallest absolute Gasteiger partial charge is 0.250 e. The Morgan fingerprint density at radius 1 is 1.04 bits per heavy atom. The van der Waals surface area contributed by atoms with Crippen molar-refractivity contribution in [2.24, 2.45) is 0 Å². The molecule has 0 aliphatic heterocycles. The maximum absolute atomic E-state index is 12.2. The molecule has 0 radical (unpaired) electrons. The minimum Gasteiger partial charge on any atom is -0.435 e. The Kier molecular flexibility index (Phi) is 6.65. The van der Waals surface area contributed by atoms with Crippen LogP contribution in [0.5, 0.6) is 11.6 Å². The average Bonchev–Trinajstić information content (AvgIpc) is 2.66. The quantitative estimate of drug-likeness (QED) is 0.579. The summed E-state index contributed by atoms with van der Waals surface area (Å²) in [5.74, 6) is 0.311. The van der Waals surface area contributed by atoms with Crippen LogP contribution in [0.25, 0.3) is 0 Å². The summed E-state index contributed by atoms with van der Waals surface area (Å²) in [6.07, 6.45) is 1.43. The molecule has 0 bridgehead atoms. The summed E-state index contributed by atoms with van der Waals surface area (Å²) in [6.45, 7) is 0.278. The largest absolute Gasteiger partial charge is 0.435 e. The zero-order chi connectivity index (χ0) is 19.1. The number of carbonyl (C=O) groups excluding carboxylic acids is 1. The molecule has 0 aliphatic rings. The van der Waals surface area contributed by atoms with E-state index in [1.807, 2.05) is 30.3 Å². The van der Waals surface area contributed by atoms with E-state index in [4.69, 9.17) is 32.7 Å². The highest BCUT2D eigenvalue weighted by molar-refractivity contribution is 6.35. The molecule has 0 fully saturated rings. The van der Waals surface area contributed by atoms with Crippen molar-refractivity contribution in [1.29, 1.82) is 0 Å². The van der Waals surface area contributed by atoms with Gasteiger partial charge in [-0.1, -0.05) is 65.7 Å². The van der Waals surface area contributed by atoms with Crippen LogP contribution in [0.4, 0.5) is 5.69 Å². The van der Waals surface area contributed by atoms with Crippen molar-refractivity contribution in [3.8, 4) is 11.6 Å². The molecule has 0 atom stereocenters. The second kappa shape index (κ2) is 9.37. The highest BCUT2D eigenvalue weighted by Gasteiger charge is 2.11. The Labute approximate surface area is 166 Å². The first-order valence-electron chi connectivity index (χ1n) is 8.11. The van der Waals surface area contributed by atoms with Crippen molar-refractivity contribution < 1.29 is 14.3 Å². The monoisotopic (exact) mass is 402 g/mol. The fraction of sp³-hybridized carbons (Fsp3) is 0.100. The van der Waals surface area contributed by atoms with Crippen molar-refractivity contribution in [1.82, 2.24) is 4.98 Å². The Bertz CT molecular complexity index is 920. The Balaban J connectivity index is 1.60. The van der Waals surface area contributed by atoms with Crippen molar-refractivity contribution in [2.75, 3.05) is 11.9 Å². The van der Waals surface area contributed by atoms with Crippen LogP contribution < -0.4 is 10.1 Å². The van der Waals surface area contributed by atoms with Crippen LogP contribution in [0, 0.1) is 0 Å². The summed E-state index contributed by atoms with van der Waals surface area (Å²) in [4.78, 5) is 16.2. The number of hydrogen-bond acceptors (Lipinski definition) is 4. The lowest BCUT2D eigenvalue weighted by Crippen LogP contribution is -2.18. The fourth-order valence-corrected chi connectivity index (χ4v) is 2.68. The molecule has 3 aromatic rings. The van der Waals surface area contributed by atoms with Gasteiger partial charge >= 0.3 is 0 Å². The van der Waals surface area contributed by atoms with Gasteiger partial charge in [0.25, 0.3) is 0 Å². The van der Waals surface area contributed by atoms with Gasteiger partial charge in [-0.25, -0.2) is 4.98 Å². The molecule has 1 N–H and O–H groups in total. The third kappa shape index (κ3) is 5.69. The molecular formula is C20H16Cl2N2O3. The van der Waals surface area contributed by atoms with E-state index in [-0.39, 0.29) is 23.4 Å². The zero-order valence-corrected chi connectivity index (χ0v) is 15.7. The van der Waals surface area contributed by atoms with E-state index in [1.54, 1.807) is 24.3 Å². The van der Waals surface area contributed by atoms with Crippen LogP contribution in [-0.4, -0.2) is 17.5 Å². The zero-order valence-electron chi connectivity index (χ0n) is 14.2. The predicted octanol–water partition coefficient (Wildman–Crippen LogP) is 5.34. The van der Waals surface area contributed by atoms with Crippen molar-refractivity contribution in [3.05, 3.63) is 82.5 Å². The summed E-state index contributed by atoms with van der Waals surface area (Å²) in [5.41, 5.74) is 1.48. The minimum atomic E-state index is -0.294. The van der Waals surface area contributed by atoms with Crippen LogP contribution in [0.1, 0.15) is 5.56 Å². The maximum atomic E-state index is 12.2. The first-order valence-corrected chi connectivity index (χ1v) is 8.87. The number of nitrogens with zero attached hydrogens (tertiary/aromatic N) is 1. The number of pyridine rings is 1. The predicted molar refractivity (Wildman–Crippen MR) is 106 cm³/mol. The number of halogens is 2. The minimum absolute atomic E-state index is 0.0802. The molecule has 1 heterocycles. The van der Waals surface area contributed by atoms with Crippen LogP contribution in [0.15, 0.2) is 66.9 Å². The Morgan fingerprint density at radius 3 is 2.56 bits per heavy atom. The van der Waals surface area contributed by atoms with Gasteiger partial charge in [-0.05, 0) is 23.8 Å². The van der Waals surface area contributed by atoms with Gasteiger partial charge in [0, 0.05) is 6.20 Å². The second-order valence-corrected chi connectivity index (χ2v) is 6.41. The van der Waals surface area contributed by atoms with Crippen molar-refractivity contribution in [3.63, 3.8) is 0 Å². The topological polar surface area (TPSA) is 60.5 Å². The van der Waals surface area contributed by atoms with Crippen LogP contribution in [-0.2, 0) is 16.1 Å². The number of carbonyl (C=O) groups is 1. The summed E-state index contributed by atoms with van der Waals surface area (Å²) in [6, 6.07) is 18.1. The van der Waals surface area contributed by atoms with E-state index < -0.39 is 0 Å². The number of anilines is 1. The van der Waals surface area contributed by atoms with E-state index in [1.165, 1.54) is 12.3 Å². The number of nitrogens with one attached hydrogen (secondary N) is 1. The van der Waals surface area contributed by atoms with Gasteiger partial charge in [0.05, 0.1) is 17.3 Å². The highest BCUT2D eigenvalue weighted by Crippen LogP contribution is 2.33. The number of amides is 1. The molecule has 138 valence electrons. The van der Waals surface area contributed by atoms with Crippen LogP contribution in [0.2, 0.25) is 10.0 Å². The third-order valence-electron chi connectivity index (χ3n) is 3.49. The number of para-hydroxylation sites is 2. The van der Waals surface area contributed by atoms with Crippen molar-refractivity contribution >= 4 is 34.8 Å². The lowest BCUT2D eigenvalue weighted by Gasteiger charge is -2.12. The fourth-order valence-electron chi connectivity index (χ4n) is 2.26. The van der Waals surface area contributed by atoms with Gasteiger partial charge in [-0.15, -0.1) is 0 Å². The molecular weight excluding hydrogens is 387 g/mol. The van der Waals surface area contributed by atoms with E-state index >= 15 is 0 Å². The number of benzene rings is 2. The number of aromatic nitrogens is 1. The Morgan fingerprint density at radius 2 is 1.78 bits per heavy atom. The molecule has 2 aromatic carbocycles. The summed E-state index contributed by atoms with van der Waals surface area (Å²) in [5, 5.41) is 3.44. The normalized spacial score (nSPS) is 10.4. The Hall–Kier alpha value is -2.60. The molecule has 27 heavy (non-hydrogen) atoms. The lowest BCUT2D eigenvalue weighted by atomic mass is 10.2. The standard InChI is InChI=1S/C20H16Cl2N2O3/c21-15-10-16(22)20(23-11-15)27-18-9-5-4-8-17(18)24-19(25)13-26-12-14-6-2-1-3-7-14/h1-11H,12-13H2,(H,24,25). The number of hydrogen-bond donors (Lipinski definition) is 1. The first-order chi connectivity index (χ1) is 13.1. The number of ether oxygens (including phenoxy) is 2. The molecule has 3 rings (SSSR count). The van der Waals surface area contributed by atoms with Gasteiger partial charge in [0.1, 0.15) is 11.6 Å². The lowest BCUT2D eigenvalue weighted by molar-refractivity contribution is -0.121.